The number of aromatic nitrogens is 1. The summed E-state index contributed by atoms with van der Waals surface area (Å²) in [7, 11) is 0. The first kappa shape index (κ1) is 10.4. The number of pyridine rings is 1. The van der Waals surface area contributed by atoms with Crippen LogP contribution in [0.2, 0.25) is 0 Å². The minimum Gasteiger partial charge on any atom is -0.411 e. The molecule has 1 aromatic carbocycles. The summed E-state index contributed by atoms with van der Waals surface area (Å²) in [5, 5.41) is 12.4. The fourth-order valence-electron chi connectivity index (χ4n) is 1.52. The summed E-state index contributed by atoms with van der Waals surface area (Å²) < 4.78 is 0. The Labute approximate surface area is 94.1 Å². The third-order valence-electron chi connectivity index (χ3n) is 2.32. The van der Waals surface area contributed by atoms with Gasteiger partial charge in [0.15, 0.2) is 0 Å². The molecule has 80 valence electrons. The van der Waals surface area contributed by atoms with Gasteiger partial charge in [0, 0.05) is 18.8 Å². The molecule has 0 amide bonds. The van der Waals surface area contributed by atoms with Crippen LogP contribution >= 0.6 is 0 Å². The molecular weight excluding hydrogens is 200 g/mol. The fraction of sp³-hybridized carbons (Fsp3) is 0.0769. The van der Waals surface area contributed by atoms with Crippen LogP contribution in [0.5, 0.6) is 0 Å². The van der Waals surface area contributed by atoms with E-state index in [1.165, 1.54) is 0 Å². The molecule has 3 nitrogen and oxygen atoms in total. The Balaban J connectivity index is 2.20. The molecule has 0 aliphatic rings. The van der Waals surface area contributed by atoms with Crippen LogP contribution in [-0.2, 0) is 6.42 Å². The lowest BCUT2D eigenvalue weighted by molar-refractivity contribution is 0.318. The van der Waals surface area contributed by atoms with Gasteiger partial charge in [-0.05, 0) is 17.2 Å². The molecule has 1 aromatic heterocycles. The van der Waals surface area contributed by atoms with E-state index in [4.69, 9.17) is 5.21 Å². The van der Waals surface area contributed by atoms with Crippen LogP contribution in [0.3, 0.4) is 0 Å². The Bertz CT molecular complexity index is 466. The predicted molar refractivity (Wildman–Crippen MR) is 62.7 cm³/mol. The van der Waals surface area contributed by atoms with Gasteiger partial charge in [-0.3, -0.25) is 4.98 Å². The smallest absolute Gasteiger partial charge is 0.0912 e. The van der Waals surface area contributed by atoms with E-state index in [1.54, 1.807) is 12.4 Å². The van der Waals surface area contributed by atoms with Crippen molar-refractivity contribution < 1.29 is 5.21 Å². The van der Waals surface area contributed by atoms with Crippen LogP contribution in [0.4, 0.5) is 0 Å². The summed E-state index contributed by atoms with van der Waals surface area (Å²) in [5.41, 5.74) is 2.60. The molecule has 0 saturated heterocycles. The fourth-order valence-corrected chi connectivity index (χ4v) is 1.52. The van der Waals surface area contributed by atoms with Crippen LogP contribution in [0.15, 0.2) is 60.0 Å². The largest absolute Gasteiger partial charge is 0.411 e. The lowest BCUT2D eigenvalue weighted by Gasteiger charge is -2.03. The summed E-state index contributed by atoms with van der Waals surface area (Å²) in [6.45, 7) is 0. The first-order valence-corrected chi connectivity index (χ1v) is 5.05. The number of nitrogens with zero attached hydrogens (tertiary/aromatic N) is 2. The quantitative estimate of drug-likeness (QED) is 0.482. The molecule has 1 heterocycles. The minimum absolute atomic E-state index is 0.578. The van der Waals surface area contributed by atoms with E-state index in [0.717, 1.165) is 11.1 Å². The molecular formula is C13H12N2O. The Hall–Kier alpha value is -2.16. The van der Waals surface area contributed by atoms with E-state index >= 15 is 0 Å². The van der Waals surface area contributed by atoms with Crippen molar-refractivity contribution in [1.29, 1.82) is 0 Å². The summed E-state index contributed by atoms with van der Waals surface area (Å²) in [5.74, 6) is 0. The molecule has 0 bridgehead atoms. The second-order valence-electron chi connectivity index (χ2n) is 3.45. The molecule has 2 aromatic rings. The highest BCUT2D eigenvalue weighted by Gasteiger charge is 2.04. The maximum Gasteiger partial charge on any atom is 0.0912 e. The molecule has 0 unspecified atom stereocenters. The van der Waals surface area contributed by atoms with E-state index in [2.05, 4.69) is 10.1 Å². The van der Waals surface area contributed by atoms with Gasteiger partial charge in [-0.2, -0.15) is 0 Å². The normalized spacial score (nSPS) is 11.4. The van der Waals surface area contributed by atoms with Gasteiger partial charge in [0.2, 0.25) is 0 Å². The van der Waals surface area contributed by atoms with Crippen molar-refractivity contribution >= 4 is 5.71 Å². The molecule has 0 saturated carbocycles. The van der Waals surface area contributed by atoms with Crippen molar-refractivity contribution in [1.82, 2.24) is 4.98 Å². The highest BCUT2D eigenvalue weighted by atomic mass is 16.4. The van der Waals surface area contributed by atoms with Crippen LogP contribution < -0.4 is 0 Å². The van der Waals surface area contributed by atoms with Crippen molar-refractivity contribution in [2.45, 2.75) is 6.42 Å². The minimum atomic E-state index is 0.578. The third kappa shape index (κ3) is 2.45. The molecule has 0 aliphatic carbocycles. The van der Waals surface area contributed by atoms with Crippen LogP contribution in [-0.4, -0.2) is 15.9 Å². The zero-order valence-electron chi connectivity index (χ0n) is 8.74. The molecule has 0 spiro atoms. The van der Waals surface area contributed by atoms with Crippen molar-refractivity contribution in [3.8, 4) is 0 Å². The lowest BCUT2D eigenvalue weighted by Crippen LogP contribution is -2.05. The van der Waals surface area contributed by atoms with Crippen molar-refractivity contribution in [2.24, 2.45) is 5.16 Å². The van der Waals surface area contributed by atoms with Gasteiger partial charge >= 0.3 is 0 Å². The van der Waals surface area contributed by atoms with Gasteiger partial charge in [0.25, 0.3) is 0 Å². The van der Waals surface area contributed by atoms with Gasteiger partial charge in [0.05, 0.1) is 5.71 Å². The topological polar surface area (TPSA) is 45.5 Å². The van der Waals surface area contributed by atoms with Gasteiger partial charge in [0.1, 0.15) is 0 Å². The molecule has 0 atom stereocenters. The van der Waals surface area contributed by atoms with Crippen LogP contribution in [0.1, 0.15) is 11.1 Å². The number of benzene rings is 1. The van der Waals surface area contributed by atoms with Gasteiger partial charge in [-0.25, -0.2) is 0 Å². The number of oxime groups is 1. The maximum atomic E-state index is 9.01. The molecule has 2 rings (SSSR count). The van der Waals surface area contributed by atoms with E-state index in [9.17, 15) is 0 Å². The molecule has 16 heavy (non-hydrogen) atoms. The summed E-state index contributed by atoms with van der Waals surface area (Å²) >= 11 is 0. The van der Waals surface area contributed by atoms with E-state index < -0.39 is 0 Å². The summed E-state index contributed by atoms with van der Waals surface area (Å²) in [4.78, 5) is 4.03. The van der Waals surface area contributed by atoms with Crippen molar-refractivity contribution in [2.75, 3.05) is 0 Å². The summed E-state index contributed by atoms with van der Waals surface area (Å²) in [6.07, 6.45) is 4.07. The van der Waals surface area contributed by atoms with Crippen molar-refractivity contribution in [3.63, 3.8) is 0 Å². The Kier molecular flexibility index (Phi) is 3.28. The number of hydrogen-bond acceptors (Lipinski definition) is 3. The van der Waals surface area contributed by atoms with E-state index in [1.807, 2.05) is 42.5 Å². The Morgan fingerprint density at radius 3 is 2.56 bits per heavy atom. The highest BCUT2D eigenvalue weighted by molar-refractivity contribution is 6.01. The summed E-state index contributed by atoms with van der Waals surface area (Å²) in [6, 6.07) is 13.4. The lowest BCUT2D eigenvalue weighted by atomic mass is 10.0. The van der Waals surface area contributed by atoms with Crippen molar-refractivity contribution in [3.05, 3.63) is 66.0 Å². The molecule has 0 aliphatic heterocycles. The van der Waals surface area contributed by atoms with Gasteiger partial charge in [-0.1, -0.05) is 41.6 Å². The van der Waals surface area contributed by atoms with Crippen LogP contribution in [0, 0.1) is 0 Å². The molecule has 0 radical (unpaired) electrons. The number of hydrogen-bond donors (Lipinski definition) is 1. The third-order valence-corrected chi connectivity index (χ3v) is 2.32. The molecule has 0 fully saturated rings. The molecule has 1 N–H and O–H groups in total. The first-order valence-electron chi connectivity index (χ1n) is 5.05. The van der Waals surface area contributed by atoms with E-state index in [0.29, 0.717) is 12.1 Å². The number of rotatable bonds is 3. The average molecular weight is 212 g/mol. The predicted octanol–water partition coefficient (Wildman–Crippen LogP) is 2.50. The zero-order valence-corrected chi connectivity index (χ0v) is 8.74. The average Bonchev–Trinajstić information content (AvgIpc) is 2.38. The van der Waals surface area contributed by atoms with Gasteiger partial charge < -0.3 is 5.21 Å². The van der Waals surface area contributed by atoms with Gasteiger partial charge in [-0.15, -0.1) is 0 Å². The second kappa shape index (κ2) is 5.07. The first-order chi connectivity index (χ1) is 7.90. The standard InChI is InChI=1S/C13H12N2O/c16-15-13(12-6-2-1-3-7-12)9-11-5-4-8-14-10-11/h1-8,10,16H,9H2/b15-13+. The molecule has 3 heteroatoms. The Morgan fingerprint density at radius 2 is 1.94 bits per heavy atom. The monoisotopic (exact) mass is 212 g/mol. The zero-order chi connectivity index (χ0) is 11.2. The second-order valence-corrected chi connectivity index (χ2v) is 3.45. The highest BCUT2D eigenvalue weighted by Crippen LogP contribution is 2.07. The SMILES string of the molecule is O/N=C(\Cc1cccnc1)c1ccccc1. The Morgan fingerprint density at radius 1 is 1.12 bits per heavy atom. The maximum absolute atomic E-state index is 9.01. The van der Waals surface area contributed by atoms with Crippen LogP contribution in [0.25, 0.3) is 0 Å². The van der Waals surface area contributed by atoms with E-state index in [-0.39, 0.29) is 0 Å².